The third-order valence-electron chi connectivity index (χ3n) is 6.20. The van der Waals surface area contributed by atoms with Crippen LogP contribution < -0.4 is 0 Å². The van der Waals surface area contributed by atoms with Gasteiger partial charge in [-0.05, 0) is 50.7 Å². The summed E-state index contributed by atoms with van der Waals surface area (Å²) in [4.78, 5) is 0. The molecule has 1 heteroatoms. The van der Waals surface area contributed by atoms with Gasteiger partial charge in [-0.2, -0.15) is 0 Å². The van der Waals surface area contributed by atoms with E-state index in [2.05, 4.69) is 57.8 Å². The van der Waals surface area contributed by atoms with Gasteiger partial charge in [0.05, 0.1) is 19.3 Å². The molecular formula is C27H48N+. The number of rotatable bonds is 18. The Balaban J connectivity index is 2.83. The SMILES string of the molecule is C=C[N+](CCCCCC)(CCCCCC)Cc1ccccc1CCCCCC. The van der Waals surface area contributed by atoms with Gasteiger partial charge >= 0.3 is 0 Å². The zero-order chi connectivity index (χ0) is 20.5. The van der Waals surface area contributed by atoms with Crippen LogP contribution in [-0.2, 0) is 13.0 Å². The predicted octanol–water partition coefficient (Wildman–Crippen LogP) is 8.43. The minimum Gasteiger partial charge on any atom is -0.294 e. The van der Waals surface area contributed by atoms with E-state index >= 15 is 0 Å². The van der Waals surface area contributed by atoms with Crippen LogP contribution in [0.1, 0.15) is 109 Å². The van der Waals surface area contributed by atoms with Crippen molar-refractivity contribution < 1.29 is 4.48 Å². The van der Waals surface area contributed by atoms with Gasteiger partial charge in [-0.3, -0.25) is 4.48 Å². The molecule has 0 aliphatic rings. The van der Waals surface area contributed by atoms with Crippen LogP contribution in [0.5, 0.6) is 0 Å². The first-order valence-electron chi connectivity index (χ1n) is 12.3. The topological polar surface area (TPSA) is 0 Å². The van der Waals surface area contributed by atoms with Crippen LogP contribution in [0.4, 0.5) is 0 Å². The van der Waals surface area contributed by atoms with E-state index in [0.717, 1.165) is 11.0 Å². The Morgan fingerprint density at radius 1 is 0.679 bits per heavy atom. The highest BCUT2D eigenvalue weighted by Gasteiger charge is 2.25. The molecule has 1 rings (SSSR count). The van der Waals surface area contributed by atoms with Crippen LogP contribution in [0.15, 0.2) is 37.0 Å². The first-order chi connectivity index (χ1) is 13.7. The summed E-state index contributed by atoms with van der Waals surface area (Å²) < 4.78 is 1.07. The molecule has 0 aromatic heterocycles. The lowest BCUT2D eigenvalue weighted by Gasteiger charge is -2.36. The van der Waals surface area contributed by atoms with E-state index in [1.54, 1.807) is 11.1 Å². The molecular weight excluding hydrogens is 338 g/mol. The van der Waals surface area contributed by atoms with Crippen molar-refractivity contribution in [2.24, 2.45) is 0 Å². The van der Waals surface area contributed by atoms with Crippen molar-refractivity contribution >= 4 is 0 Å². The van der Waals surface area contributed by atoms with E-state index in [-0.39, 0.29) is 0 Å². The molecule has 0 saturated carbocycles. The van der Waals surface area contributed by atoms with Gasteiger partial charge in [-0.25, -0.2) is 0 Å². The fraction of sp³-hybridized carbons (Fsp3) is 0.704. The number of quaternary nitrogens is 1. The second-order valence-corrected chi connectivity index (χ2v) is 8.71. The van der Waals surface area contributed by atoms with E-state index in [1.165, 1.54) is 96.6 Å². The first kappa shape index (κ1) is 25.0. The van der Waals surface area contributed by atoms with Gasteiger partial charge in [0.15, 0.2) is 0 Å². The van der Waals surface area contributed by atoms with Gasteiger partial charge in [-0.1, -0.05) is 90.0 Å². The first-order valence-corrected chi connectivity index (χ1v) is 12.3. The van der Waals surface area contributed by atoms with E-state index in [9.17, 15) is 0 Å². The van der Waals surface area contributed by atoms with Gasteiger partial charge in [0.2, 0.25) is 0 Å². The van der Waals surface area contributed by atoms with Gasteiger partial charge in [0.1, 0.15) is 6.54 Å². The summed E-state index contributed by atoms with van der Waals surface area (Å²) in [6, 6.07) is 9.21. The lowest BCUT2D eigenvalue weighted by molar-refractivity contribution is -0.893. The third kappa shape index (κ3) is 9.92. The molecule has 1 nitrogen and oxygen atoms in total. The molecule has 0 spiro atoms. The summed E-state index contributed by atoms with van der Waals surface area (Å²) in [5.74, 6) is 0. The Hall–Kier alpha value is -1.08. The average Bonchev–Trinajstić information content (AvgIpc) is 2.72. The maximum atomic E-state index is 4.32. The molecule has 0 N–H and O–H groups in total. The molecule has 0 aliphatic carbocycles. The fourth-order valence-corrected chi connectivity index (χ4v) is 4.26. The van der Waals surface area contributed by atoms with Crippen molar-refractivity contribution in [1.29, 1.82) is 0 Å². The number of hydrogen-bond donors (Lipinski definition) is 0. The monoisotopic (exact) mass is 386 g/mol. The van der Waals surface area contributed by atoms with Crippen molar-refractivity contribution in [3.05, 3.63) is 48.2 Å². The zero-order valence-electron chi connectivity index (χ0n) is 19.4. The Morgan fingerprint density at radius 2 is 1.18 bits per heavy atom. The molecule has 160 valence electrons. The van der Waals surface area contributed by atoms with E-state index in [1.807, 2.05) is 0 Å². The highest BCUT2D eigenvalue weighted by Crippen LogP contribution is 2.23. The molecule has 0 unspecified atom stereocenters. The molecule has 1 aromatic rings. The Labute approximate surface area is 176 Å². The molecule has 0 atom stereocenters. The van der Waals surface area contributed by atoms with Crippen molar-refractivity contribution in [2.45, 2.75) is 111 Å². The third-order valence-corrected chi connectivity index (χ3v) is 6.20. The maximum absolute atomic E-state index is 4.32. The summed E-state index contributed by atoms with van der Waals surface area (Å²) >= 11 is 0. The summed E-state index contributed by atoms with van der Waals surface area (Å²) in [6.45, 7) is 14.8. The van der Waals surface area contributed by atoms with Crippen LogP contribution in [0.25, 0.3) is 0 Å². The van der Waals surface area contributed by atoms with Gasteiger partial charge in [-0.15, -0.1) is 0 Å². The summed E-state index contributed by atoms with van der Waals surface area (Å²) in [5.41, 5.74) is 3.13. The normalized spacial score (nSPS) is 11.7. The number of benzene rings is 1. The lowest BCUT2D eigenvalue weighted by atomic mass is 9.99. The molecule has 0 bridgehead atoms. The van der Waals surface area contributed by atoms with Crippen molar-refractivity contribution in [3.63, 3.8) is 0 Å². The van der Waals surface area contributed by atoms with Crippen LogP contribution in [-0.4, -0.2) is 17.6 Å². The Morgan fingerprint density at radius 3 is 1.68 bits per heavy atom. The molecule has 0 heterocycles. The van der Waals surface area contributed by atoms with Crippen LogP contribution in [0.2, 0.25) is 0 Å². The maximum Gasteiger partial charge on any atom is 0.109 e. The Kier molecular flexibility index (Phi) is 14.1. The Bertz CT molecular complexity index is 493. The van der Waals surface area contributed by atoms with Crippen molar-refractivity contribution in [1.82, 2.24) is 0 Å². The summed E-state index contributed by atoms with van der Waals surface area (Å²) in [5, 5.41) is 0. The largest absolute Gasteiger partial charge is 0.294 e. The molecule has 0 saturated heterocycles. The molecule has 0 aliphatic heterocycles. The summed E-state index contributed by atoms with van der Waals surface area (Å²) in [7, 11) is 0. The summed E-state index contributed by atoms with van der Waals surface area (Å²) in [6.07, 6.45) is 19.6. The number of aryl methyl sites for hydroxylation is 1. The van der Waals surface area contributed by atoms with Crippen molar-refractivity contribution in [3.8, 4) is 0 Å². The minimum atomic E-state index is 1.07. The standard InChI is InChI=1S/C27H48N/c1-5-9-12-15-20-26-21-16-17-22-27(26)25-28(8-4,23-18-13-10-6-2)24-19-14-11-7-3/h8,16-17,21-22H,4-7,9-15,18-20,23-25H2,1-3H3/q+1. The van der Waals surface area contributed by atoms with Gasteiger partial charge < -0.3 is 0 Å². The second kappa shape index (κ2) is 15.8. The van der Waals surface area contributed by atoms with Crippen LogP contribution in [0, 0.1) is 0 Å². The average molecular weight is 387 g/mol. The number of hydrogen-bond acceptors (Lipinski definition) is 0. The molecule has 1 aromatic carbocycles. The van der Waals surface area contributed by atoms with Gasteiger partial charge in [0.25, 0.3) is 0 Å². The highest BCUT2D eigenvalue weighted by molar-refractivity contribution is 5.26. The van der Waals surface area contributed by atoms with Crippen LogP contribution in [0.3, 0.4) is 0 Å². The van der Waals surface area contributed by atoms with Crippen LogP contribution >= 0.6 is 0 Å². The molecule has 0 amide bonds. The van der Waals surface area contributed by atoms with E-state index in [4.69, 9.17) is 0 Å². The van der Waals surface area contributed by atoms with Gasteiger partial charge in [0, 0.05) is 5.56 Å². The molecule has 0 radical (unpaired) electrons. The molecule has 0 fully saturated rings. The lowest BCUT2D eigenvalue weighted by Crippen LogP contribution is -2.43. The zero-order valence-corrected chi connectivity index (χ0v) is 19.4. The predicted molar refractivity (Wildman–Crippen MR) is 126 cm³/mol. The number of unbranched alkanes of at least 4 members (excludes halogenated alkanes) is 9. The fourth-order valence-electron chi connectivity index (χ4n) is 4.26. The minimum absolute atomic E-state index is 1.07. The number of nitrogens with zero attached hydrogens (tertiary/aromatic N) is 1. The quantitative estimate of drug-likeness (QED) is 0.175. The second-order valence-electron chi connectivity index (χ2n) is 8.71. The van der Waals surface area contributed by atoms with Crippen molar-refractivity contribution in [2.75, 3.05) is 13.1 Å². The van der Waals surface area contributed by atoms with E-state index < -0.39 is 0 Å². The smallest absolute Gasteiger partial charge is 0.109 e. The molecule has 28 heavy (non-hydrogen) atoms. The van der Waals surface area contributed by atoms with E-state index in [0.29, 0.717) is 0 Å². The highest BCUT2D eigenvalue weighted by atomic mass is 15.3.